The lowest BCUT2D eigenvalue weighted by molar-refractivity contribution is -0.128. The zero-order chi connectivity index (χ0) is 21.7. The quantitative estimate of drug-likeness (QED) is 0.705. The molecule has 3 rings (SSSR count). The van der Waals surface area contributed by atoms with Gasteiger partial charge in [-0.15, -0.1) is 11.8 Å². The highest BCUT2D eigenvalue weighted by molar-refractivity contribution is 8.00. The second-order valence-corrected chi connectivity index (χ2v) is 8.87. The van der Waals surface area contributed by atoms with Crippen molar-refractivity contribution in [3.05, 3.63) is 23.8 Å². The average Bonchev–Trinajstić information content (AvgIpc) is 3.11. The Morgan fingerprint density at radius 3 is 2.47 bits per heavy atom. The Morgan fingerprint density at radius 2 is 1.83 bits per heavy atom. The van der Waals surface area contributed by atoms with E-state index in [9.17, 15) is 9.59 Å². The van der Waals surface area contributed by atoms with E-state index in [4.69, 9.17) is 9.47 Å². The molecule has 166 valence electrons. The lowest BCUT2D eigenvalue weighted by Gasteiger charge is -2.36. The lowest BCUT2D eigenvalue weighted by atomic mass is 10.1. The summed E-state index contributed by atoms with van der Waals surface area (Å²) in [5, 5.41) is 2.93. The summed E-state index contributed by atoms with van der Waals surface area (Å²) in [7, 11) is 3.23. The standard InChI is InChI=1S/C21H32N4O4S/c1-15(2)22-21(27)24-10-7-23(8-11-24)9-12-25-19(26)14-30-20(25)16-5-6-17(28-3)18(13-16)29-4/h5-6,13,15,20H,7-12,14H2,1-4H3,(H,22,27)/t20-/m0/s1. The number of piperazine rings is 1. The first-order valence-electron chi connectivity index (χ1n) is 10.3. The molecule has 0 unspecified atom stereocenters. The number of thioether (sulfide) groups is 1. The number of carbonyl (C=O) groups is 2. The number of urea groups is 1. The maximum Gasteiger partial charge on any atom is 0.317 e. The smallest absolute Gasteiger partial charge is 0.317 e. The van der Waals surface area contributed by atoms with Gasteiger partial charge in [-0.25, -0.2) is 4.79 Å². The van der Waals surface area contributed by atoms with Crippen LogP contribution in [0.3, 0.4) is 0 Å². The number of hydrogen-bond acceptors (Lipinski definition) is 6. The minimum absolute atomic E-state index is 0.00397. The summed E-state index contributed by atoms with van der Waals surface area (Å²) in [5.74, 6) is 2.00. The molecule has 2 aliphatic heterocycles. The van der Waals surface area contributed by atoms with Crippen molar-refractivity contribution in [1.29, 1.82) is 0 Å². The second-order valence-electron chi connectivity index (χ2n) is 7.80. The normalized spacial score (nSPS) is 20.0. The molecule has 2 fully saturated rings. The summed E-state index contributed by atoms with van der Waals surface area (Å²) in [6, 6.07) is 5.98. The minimum Gasteiger partial charge on any atom is -0.493 e. The number of carbonyl (C=O) groups excluding carboxylic acids is 2. The average molecular weight is 437 g/mol. The predicted molar refractivity (Wildman–Crippen MR) is 118 cm³/mol. The van der Waals surface area contributed by atoms with E-state index in [1.807, 2.05) is 41.8 Å². The number of nitrogens with one attached hydrogen (secondary N) is 1. The Labute approximate surface area is 182 Å². The summed E-state index contributed by atoms with van der Waals surface area (Å²) in [6.45, 7) is 8.46. The van der Waals surface area contributed by atoms with Crippen LogP contribution in [0.4, 0.5) is 4.79 Å². The summed E-state index contributed by atoms with van der Waals surface area (Å²) in [6.07, 6.45) is 0. The van der Waals surface area contributed by atoms with Crippen LogP contribution in [0.15, 0.2) is 18.2 Å². The first-order chi connectivity index (χ1) is 14.4. The number of hydrogen-bond donors (Lipinski definition) is 1. The largest absolute Gasteiger partial charge is 0.493 e. The number of rotatable bonds is 7. The monoisotopic (exact) mass is 436 g/mol. The maximum atomic E-state index is 12.5. The topological polar surface area (TPSA) is 74.4 Å². The highest BCUT2D eigenvalue weighted by Crippen LogP contribution is 2.41. The van der Waals surface area contributed by atoms with Crippen molar-refractivity contribution in [2.45, 2.75) is 25.3 Å². The van der Waals surface area contributed by atoms with Crippen LogP contribution in [0.5, 0.6) is 11.5 Å². The molecule has 30 heavy (non-hydrogen) atoms. The molecule has 8 nitrogen and oxygen atoms in total. The molecule has 3 amide bonds. The van der Waals surface area contributed by atoms with Gasteiger partial charge in [-0.05, 0) is 31.5 Å². The van der Waals surface area contributed by atoms with E-state index in [2.05, 4.69) is 10.2 Å². The summed E-state index contributed by atoms with van der Waals surface area (Å²) < 4.78 is 10.7. The van der Waals surface area contributed by atoms with Crippen molar-refractivity contribution in [3.63, 3.8) is 0 Å². The van der Waals surface area contributed by atoms with Crippen LogP contribution in [-0.4, -0.2) is 91.9 Å². The van der Waals surface area contributed by atoms with E-state index < -0.39 is 0 Å². The Hall–Kier alpha value is -2.13. The third-order valence-corrected chi connectivity index (χ3v) is 6.65. The highest BCUT2D eigenvalue weighted by atomic mass is 32.2. The third-order valence-electron chi connectivity index (χ3n) is 5.39. The fourth-order valence-electron chi connectivity index (χ4n) is 3.74. The molecule has 0 bridgehead atoms. The summed E-state index contributed by atoms with van der Waals surface area (Å²) in [5.41, 5.74) is 1.04. The molecule has 2 aliphatic rings. The van der Waals surface area contributed by atoms with Crippen molar-refractivity contribution in [2.75, 3.05) is 59.2 Å². The van der Waals surface area contributed by atoms with Gasteiger partial charge in [0.15, 0.2) is 11.5 Å². The van der Waals surface area contributed by atoms with Crippen molar-refractivity contribution in [1.82, 2.24) is 20.0 Å². The number of methoxy groups -OCH3 is 2. The first kappa shape index (κ1) is 22.6. The molecule has 2 heterocycles. The fraction of sp³-hybridized carbons (Fsp3) is 0.619. The van der Waals surface area contributed by atoms with E-state index in [1.54, 1.807) is 26.0 Å². The third kappa shape index (κ3) is 5.31. The van der Waals surface area contributed by atoms with Crippen LogP contribution < -0.4 is 14.8 Å². The van der Waals surface area contributed by atoms with Gasteiger partial charge in [0.05, 0.1) is 20.0 Å². The Bertz CT molecular complexity index is 753. The van der Waals surface area contributed by atoms with Crippen molar-refractivity contribution < 1.29 is 19.1 Å². The molecule has 0 aromatic heterocycles. The zero-order valence-electron chi connectivity index (χ0n) is 18.2. The molecule has 0 aliphatic carbocycles. The Morgan fingerprint density at radius 1 is 1.13 bits per heavy atom. The van der Waals surface area contributed by atoms with Gasteiger partial charge in [-0.2, -0.15) is 0 Å². The van der Waals surface area contributed by atoms with Gasteiger partial charge in [0.25, 0.3) is 0 Å². The van der Waals surface area contributed by atoms with E-state index in [0.29, 0.717) is 36.9 Å². The first-order valence-corrected chi connectivity index (χ1v) is 11.4. The summed E-state index contributed by atoms with van der Waals surface area (Å²) >= 11 is 1.64. The summed E-state index contributed by atoms with van der Waals surface area (Å²) in [4.78, 5) is 30.8. The van der Waals surface area contributed by atoms with Crippen LogP contribution in [0.25, 0.3) is 0 Å². The van der Waals surface area contributed by atoms with Gasteiger partial charge in [-0.3, -0.25) is 9.69 Å². The van der Waals surface area contributed by atoms with Gasteiger partial charge in [0.1, 0.15) is 5.37 Å². The lowest BCUT2D eigenvalue weighted by Crippen LogP contribution is -2.53. The van der Waals surface area contributed by atoms with Gasteiger partial charge < -0.3 is 24.6 Å². The van der Waals surface area contributed by atoms with Gasteiger partial charge in [-0.1, -0.05) is 6.07 Å². The molecule has 2 saturated heterocycles. The van der Waals surface area contributed by atoms with Crippen molar-refractivity contribution in [2.24, 2.45) is 0 Å². The Kier molecular flexibility index (Phi) is 7.71. The van der Waals surface area contributed by atoms with E-state index >= 15 is 0 Å². The molecule has 1 atom stereocenters. The SMILES string of the molecule is COc1ccc([C@@H]2SCC(=O)N2CCN2CCN(C(=O)NC(C)C)CC2)cc1OC. The highest BCUT2D eigenvalue weighted by Gasteiger charge is 2.33. The van der Waals surface area contributed by atoms with E-state index in [1.165, 1.54) is 0 Å². The molecule has 0 radical (unpaired) electrons. The number of ether oxygens (including phenoxy) is 2. The van der Waals surface area contributed by atoms with Crippen molar-refractivity contribution >= 4 is 23.7 Å². The molecule has 0 spiro atoms. The maximum absolute atomic E-state index is 12.5. The molecule has 1 N–H and O–H groups in total. The predicted octanol–water partition coefficient (Wildman–Crippen LogP) is 2.01. The number of benzene rings is 1. The van der Waals surface area contributed by atoms with Crippen LogP contribution >= 0.6 is 11.8 Å². The molecule has 9 heteroatoms. The van der Waals surface area contributed by atoms with E-state index in [0.717, 1.165) is 25.2 Å². The van der Waals surface area contributed by atoms with Gasteiger partial charge in [0.2, 0.25) is 5.91 Å². The number of amides is 3. The molecule has 1 aromatic carbocycles. The molecule has 1 aromatic rings. The minimum atomic E-state index is -0.0181. The van der Waals surface area contributed by atoms with Crippen LogP contribution in [0.2, 0.25) is 0 Å². The molecular formula is C21H32N4O4S. The van der Waals surface area contributed by atoms with Crippen molar-refractivity contribution in [3.8, 4) is 11.5 Å². The van der Waals surface area contributed by atoms with Crippen LogP contribution in [-0.2, 0) is 4.79 Å². The van der Waals surface area contributed by atoms with E-state index in [-0.39, 0.29) is 23.4 Å². The second kappa shape index (κ2) is 10.3. The fourth-order valence-corrected chi connectivity index (χ4v) is 4.95. The number of nitrogens with zero attached hydrogens (tertiary/aromatic N) is 3. The Balaban J connectivity index is 1.56. The zero-order valence-corrected chi connectivity index (χ0v) is 19.0. The van der Waals surface area contributed by atoms with Crippen LogP contribution in [0.1, 0.15) is 24.8 Å². The molecular weight excluding hydrogens is 404 g/mol. The van der Waals surface area contributed by atoms with Gasteiger partial charge >= 0.3 is 6.03 Å². The van der Waals surface area contributed by atoms with Gasteiger partial charge in [0, 0.05) is 45.3 Å². The molecule has 0 saturated carbocycles. The van der Waals surface area contributed by atoms with Crippen LogP contribution in [0, 0.1) is 0 Å².